The fourth-order valence-corrected chi connectivity index (χ4v) is 4.57. The SMILES string of the molecule is O=C(N[C@@H]1CCCC[C@H]1O)Oc1cnc(N2CCCC2)c(OCC2CCCC2)n1. The van der Waals surface area contributed by atoms with E-state index in [9.17, 15) is 9.90 Å². The number of aromatic nitrogens is 2. The summed E-state index contributed by atoms with van der Waals surface area (Å²) in [5.41, 5.74) is 0. The normalized spacial score (nSPS) is 25.2. The Morgan fingerprint density at radius 1 is 1.10 bits per heavy atom. The summed E-state index contributed by atoms with van der Waals surface area (Å²) < 4.78 is 11.4. The van der Waals surface area contributed by atoms with Crippen LogP contribution in [-0.2, 0) is 0 Å². The van der Waals surface area contributed by atoms with E-state index in [1.165, 1.54) is 31.9 Å². The highest BCUT2D eigenvalue weighted by atomic mass is 16.6. The molecule has 1 aliphatic heterocycles. The molecule has 8 heteroatoms. The van der Waals surface area contributed by atoms with Gasteiger partial charge in [-0.05, 0) is 44.4 Å². The zero-order chi connectivity index (χ0) is 20.1. The molecule has 160 valence electrons. The van der Waals surface area contributed by atoms with Gasteiger partial charge in [-0.25, -0.2) is 9.78 Å². The predicted octanol–water partition coefficient (Wildman–Crippen LogP) is 3.04. The second-order valence-corrected chi connectivity index (χ2v) is 8.48. The minimum absolute atomic E-state index is 0.122. The number of ether oxygens (including phenoxy) is 2. The molecule has 2 N–H and O–H groups in total. The van der Waals surface area contributed by atoms with Gasteiger partial charge in [-0.2, -0.15) is 4.98 Å². The van der Waals surface area contributed by atoms with E-state index in [1.807, 2.05) is 0 Å². The average molecular weight is 405 g/mol. The number of nitrogens with zero attached hydrogens (tertiary/aromatic N) is 3. The van der Waals surface area contributed by atoms with Crippen molar-refractivity contribution in [3.8, 4) is 11.8 Å². The van der Waals surface area contributed by atoms with Crippen LogP contribution >= 0.6 is 0 Å². The Bertz CT molecular complexity index is 689. The molecular weight excluding hydrogens is 372 g/mol. The topological polar surface area (TPSA) is 96.8 Å². The number of nitrogens with one attached hydrogen (secondary N) is 1. The molecule has 0 bridgehead atoms. The van der Waals surface area contributed by atoms with Crippen molar-refractivity contribution >= 4 is 11.9 Å². The molecule has 2 heterocycles. The molecule has 29 heavy (non-hydrogen) atoms. The minimum Gasteiger partial charge on any atom is -0.475 e. The Hall–Kier alpha value is -2.09. The molecule has 0 spiro atoms. The highest BCUT2D eigenvalue weighted by Crippen LogP contribution is 2.31. The number of hydrogen-bond acceptors (Lipinski definition) is 7. The first-order valence-corrected chi connectivity index (χ1v) is 11.1. The Labute approximate surface area is 172 Å². The lowest BCUT2D eigenvalue weighted by atomic mass is 9.93. The van der Waals surface area contributed by atoms with Crippen molar-refractivity contribution in [3.05, 3.63) is 6.20 Å². The van der Waals surface area contributed by atoms with Crippen molar-refractivity contribution in [3.63, 3.8) is 0 Å². The van der Waals surface area contributed by atoms with Crippen molar-refractivity contribution in [2.75, 3.05) is 24.6 Å². The highest BCUT2D eigenvalue weighted by Gasteiger charge is 2.26. The van der Waals surface area contributed by atoms with E-state index in [4.69, 9.17) is 9.47 Å². The summed E-state index contributed by atoms with van der Waals surface area (Å²) in [7, 11) is 0. The van der Waals surface area contributed by atoms with Crippen LogP contribution in [0.25, 0.3) is 0 Å². The van der Waals surface area contributed by atoms with Crippen LogP contribution in [-0.4, -0.2) is 53.0 Å². The van der Waals surface area contributed by atoms with Gasteiger partial charge in [0.05, 0.1) is 24.9 Å². The minimum atomic E-state index is -0.610. The average Bonchev–Trinajstić information content (AvgIpc) is 3.42. The summed E-state index contributed by atoms with van der Waals surface area (Å²) in [6.45, 7) is 2.50. The van der Waals surface area contributed by atoms with Crippen LogP contribution in [0.15, 0.2) is 6.20 Å². The van der Waals surface area contributed by atoms with Gasteiger partial charge in [-0.15, -0.1) is 0 Å². The second kappa shape index (κ2) is 9.61. The van der Waals surface area contributed by atoms with Crippen molar-refractivity contribution in [1.82, 2.24) is 15.3 Å². The standard InChI is InChI=1S/C21H32N4O4/c26-17-10-4-3-9-16(17)23-21(27)29-18-13-22-19(25-11-5-6-12-25)20(24-18)28-14-15-7-1-2-8-15/h13,15-17,26H,1-12,14H2,(H,23,27)/t16-,17-/m1/s1. The van der Waals surface area contributed by atoms with Gasteiger partial charge in [0.25, 0.3) is 5.88 Å². The largest absolute Gasteiger partial charge is 0.475 e. The van der Waals surface area contributed by atoms with E-state index in [0.717, 1.165) is 51.0 Å². The summed E-state index contributed by atoms with van der Waals surface area (Å²) in [5.74, 6) is 1.86. The first-order valence-electron chi connectivity index (χ1n) is 11.1. The molecule has 0 radical (unpaired) electrons. The van der Waals surface area contributed by atoms with Gasteiger partial charge >= 0.3 is 6.09 Å². The third-order valence-corrected chi connectivity index (χ3v) is 6.27. The fourth-order valence-electron chi connectivity index (χ4n) is 4.57. The molecule has 2 aliphatic carbocycles. The van der Waals surface area contributed by atoms with Gasteiger partial charge in [-0.1, -0.05) is 25.7 Å². The summed E-state index contributed by atoms with van der Waals surface area (Å²) in [5, 5.41) is 12.8. The number of rotatable bonds is 6. The van der Waals surface area contributed by atoms with Gasteiger partial charge < -0.3 is 24.8 Å². The van der Waals surface area contributed by atoms with Crippen LogP contribution in [0.5, 0.6) is 11.8 Å². The lowest BCUT2D eigenvalue weighted by molar-refractivity contribution is 0.0889. The third kappa shape index (κ3) is 5.29. The van der Waals surface area contributed by atoms with Gasteiger partial charge in [0.1, 0.15) is 0 Å². The van der Waals surface area contributed by atoms with Gasteiger partial charge in [-0.3, -0.25) is 0 Å². The Balaban J connectivity index is 1.41. The Morgan fingerprint density at radius 3 is 2.59 bits per heavy atom. The maximum Gasteiger partial charge on any atom is 0.414 e. The molecule has 2 atom stereocenters. The number of hydrogen-bond donors (Lipinski definition) is 2. The van der Waals surface area contributed by atoms with E-state index in [0.29, 0.717) is 24.8 Å². The zero-order valence-corrected chi connectivity index (χ0v) is 17.0. The van der Waals surface area contributed by atoms with Gasteiger partial charge in [0.2, 0.25) is 5.88 Å². The number of amides is 1. The van der Waals surface area contributed by atoms with Crippen LogP contribution in [0.1, 0.15) is 64.2 Å². The molecule has 1 aromatic rings. The molecule has 4 rings (SSSR count). The molecule has 1 amide bonds. The van der Waals surface area contributed by atoms with E-state index in [2.05, 4.69) is 20.2 Å². The summed E-state index contributed by atoms with van der Waals surface area (Å²) in [6.07, 6.45) is 10.9. The number of carbonyl (C=O) groups is 1. The smallest absolute Gasteiger partial charge is 0.414 e. The molecule has 0 aromatic carbocycles. The van der Waals surface area contributed by atoms with Gasteiger partial charge in [0.15, 0.2) is 5.82 Å². The van der Waals surface area contributed by atoms with E-state index in [-0.39, 0.29) is 11.9 Å². The van der Waals surface area contributed by atoms with Crippen LogP contribution < -0.4 is 19.7 Å². The molecule has 0 unspecified atom stereocenters. The molecule has 8 nitrogen and oxygen atoms in total. The second-order valence-electron chi connectivity index (χ2n) is 8.48. The van der Waals surface area contributed by atoms with Crippen molar-refractivity contribution in [1.29, 1.82) is 0 Å². The molecule has 3 aliphatic rings. The monoisotopic (exact) mass is 404 g/mol. The summed E-state index contributed by atoms with van der Waals surface area (Å²) in [6, 6.07) is -0.272. The lowest BCUT2D eigenvalue weighted by Crippen LogP contribution is -2.46. The predicted molar refractivity (Wildman–Crippen MR) is 108 cm³/mol. The van der Waals surface area contributed by atoms with Crippen molar-refractivity contribution < 1.29 is 19.4 Å². The Morgan fingerprint density at radius 2 is 1.83 bits per heavy atom. The van der Waals surface area contributed by atoms with Crippen LogP contribution in [0.4, 0.5) is 10.6 Å². The number of aliphatic hydroxyl groups excluding tert-OH is 1. The van der Waals surface area contributed by atoms with Crippen LogP contribution in [0.3, 0.4) is 0 Å². The highest BCUT2D eigenvalue weighted by molar-refractivity contribution is 5.70. The summed E-state index contributed by atoms with van der Waals surface area (Å²) >= 11 is 0. The van der Waals surface area contributed by atoms with E-state index < -0.39 is 12.2 Å². The van der Waals surface area contributed by atoms with E-state index >= 15 is 0 Å². The quantitative estimate of drug-likeness (QED) is 0.752. The van der Waals surface area contributed by atoms with Crippen LogP contribution in [0.2, 0.25) is 0 Å². The number of anilines is 1. The zero-order valence-electron chi connectivity index (χ0n) is 17.0. The molecule has 2 saturated carbocycles. The molecular formula is C21H32N4O4. The van der Waals surface area contributed by atoms with Gasteiger partial charge in [0, 0.05) is 13.1 Å². The molecule has 3 fully saturated rings. The first-order chi connectivity index (χ1) is 14.2. The maximum atomic E-state index is 12.3. The number of aliphatic hydroxyl groups is 1. The van der Waals surface area contributed by atoms with Crippen molar-refractivity contribution in [2.24, 2.45) is 5.92 Å². The maximum absolute atomic E-state index is 12.3. The van der Waals surface area contributed by atoms with Crippen molar-refractivity contribution in [2.45, 2.75) is 76.4 Å². The molecule has 1 aromatic heterocycles. The fraction of sp³-hybridized carbons (Fsp3) is 0.762. The van der Waals surface area contributed by atoms with Crippen LogP contribution in [0, 0.1) is 5.92 Å². The Kier molecular flexibility index (Phi) is 6.69. The summed E-state index contributed by atoms with van der Waals surface area (Å²) in [4.78, 5) is 23.4. The lowest BCUT2D eigenvalue weighted by Gasteiger charge is -2.27. The van der Waals surface area contributed by atoms with E-state index in [1.54, 1.807) is 0 Å². The molecule has 1 saturated heterocycles. The first kappa shape index (κ1) is 20.2. The third-order valence-electron chi connectivity index (χ3n) is 6.27. The number of carbonyl (C=O) groups excluding carboxylic acids is 1.